The predicted molar refractivity (Wildman–Crippen MR) is 112 cm³/mol. The van der Waals surface area contributed by atoms with Crippen LogP contribution in [0, 0.1) is 5.92 Å². The molecule has 6 nitrogen and oxygen atoms in total. The fourth-order valence-electron chi connectivity index (χ4n) is 2.33. The van der Waals surface area contributed by atoms with Crippen LogP contribution < -0.4 is 5.32 Å². The van der Waals surface area contributed by atoms with Crippen molar-refractivity contribution in [1.82, 2.24) is 15.5 Å². The van der Waals surface area contributed by atoms with Crippen molar-refractivity contribution >= 4 is 41.1 Å². The molecule has 0 bridgehead atoms. The predicted octanol–water partition coefficient (Wildman–Crippen LogP) is 6.28. The van der Waals surface area contributed by atoms with Crippen LogP contribution in [0.5, 0.6) is 0 Å². The number of nitrogens with zero attached hydrogens (tertiary/aromatic N) is 2. The normalized spacial score (nSPS) is 13.8. The van der Waals surface area contributed by atoms with Crippen molar-refractivity contribution < 1.29 is 13.9 Å². The molecule has 154 valence electrons. The van der Waals surface area contributed by atoms with E-state index in [1.54, 1.807) is 18.2 Å². The Kier molecular flexibility index (Phi) is 8.04. The van der Waals surface area contributed by atoms with E-state index in [1.165, 1.54) is 11.8 Å². The fourth-order valence-corrected chi connectivity index (χ4v) is 3.84. The van der Waals surface area contributed by atoms with Crippen molar-refractivity contribution in [2.75, 3.05) is 0 Å². The van der Waals surface area contributed by atoms with Gasteiger partial charge < -0.3 is 14.5 Å². The van der Waals surface area contributed by atoms with Gasteiger partial charge in [0.05, 0.1) is 0 Å². The zero-order valence-electron chi connectivity index (χ0n) is 16.6. The molecule has 28 heavy (non-hydrogen) atoms. The number of carbonyl (C=O) groups is 1. The lowest BCUT2D eigenvalue weighted by atomic mass is 9.99. The van der Waals surface area contributed by atoms with Crippen LogP contribution in [0.2, 0.25) is 10.0 Å². The molecule has 0 aliphatic carbocycles. The molecule has 0 fully saturated rings. The van der Waals surface area contributed by atoms with Crippen LogP contribution in [0.25, 0.3) is 0 Å². The number of amides is 1. The van der Waals surface area contributed by atoms with E-state index in [-0.39, 0.29) is 5.92 Å². The zero-order chi connectivity index (χ0) is 20.9. The fraction of sp³-hybridized carbons (Fsp3) is 0.526. The summed E-state index contributed by atoms with van der Waals surface area (Å²) in [6.07, 6.45) is 0.300. The second-order valence-corrected chi connectivity index (χ2v) is 9.15. The number of ether oxygens (including phenoxy) is 1. The van der Waals surface area contributed by atoms with Gasteiger partial charge in [0.25, 0.3) is 5.22 Å². The first-order valence-corrected chi connectivity index (χ1v) is 10.7. The first kappa shape index (κ1) is 22.8. The van der Waals surface area contributed by atoms with Crippen LogP contribution in [0.1, 0.15) is 58.5 Å². The molecule has 0 radical (unpaired) electrons. The molecule has 0 saturated heterocycles. The van der Waals surface area contributed by atoms with E-state index in [4.69, 9.17) is 32.4 Å². The Hall–Kier alpha value is -1.44. The highest BCUT2D eigenvalue weighted by molar-refractivity contribution is 7.98. The molecule has 1 amide bonds. The monoisotopic (exact) mass is 445 g/mol. The third-order valence-electron chi connectivity index (χ3n) is 3.98. The number of hydrogen-bond acceptors (Lipinski definition) is 6. The maximum Gasteiger partial charge on any atom is 0.408 e. The molecule has 0 spiro atoms. The van der Waals surface area contributed by atoms with Crippen LogP contribution in [0.3, 0.4) is 0 Å². The van der Waals surface area contributed by atoms with Gasteiger partial charge in [-0.15, -0.1) is 10.2 Å². The van der Waals surface area contributed by atoms with Gasteiger partial charge in [-0.05, 0) is 44.4 Å². The molecule has 2 atom stereocenters. The Balaban J connectivity index is 2.10. The lowest BCUT2D eigenvalue weighted by molar-refractivity contribution is 0.0474. The molecule has 2 rings (SSSR count). The van der Waals surface area contributed by atoms with Gasteiger partial charge in [-0.3, -0.25) is 0 Å². The summed E-state index contributed by atoms with van der Waals surface area (Å²) >= 11 is 13.7. The molecule has 1 N–H and O–H groups in total. The first-order valence-electron chi connectivity index (χ1n) is 8.99. The summed E-state index contributed by atoms with van der Waals surface area (Å²) in [6.45, 7) is 9.47. The minimum atomic E-state index is -0.589. The summed E-state index contributed by atoms with van der Waals surface area (Å²) in [4.78, 5) is 12.2. The second-order valence-electron chi connectivity index (χ2n) is 7.40. The van der Waals surface area contributed by atoms with Crippen molar-refractivity contribution in [3.8, 4) is 0 Å². The molecule has 0 unspecified atom stereocenters. The summed E-state index contributed by atoms with van der Waals surface area (Å²) in [6, 6.07) is 4.92. The first-order chi connectivity index (χ1) is 13.1. The van der Waals surface area contributed by atoms with E-state index in [0.29, 0.717) is 26.9 Å². The SMILES string of the molecule is CC[C@H](C)[C@@H](NC(=O)OC(C)(C)C)c1nnc(SCc2c(Cl)cccc2Cl)o1. The van der Waals surface area contributed by atoms with E-state index >= 15 is 0 Å². The summed E-state index contributed by atoms with van der Waals surface area (Å²) in [7, 11) is 0. The summed E-state index contributed by atoms with van der Waals surface area (Å²) < 4.78 is 11.1. The number of halogens is 2. The van der Waals surface area contributed by atoms with Gasteiger partial charge in [-0.2, -0.15) is 0 Å². The molecule has 9 heteroatoms. The largest absolute Gasteiger partial charge is 0.444 e. The Morgan fingerprint density at radius 3 is 2.50 bits per heavy atom. The molecule has 2 aromatic rings. The summed E-state index contributed by atoms with van der Waals surface area (Å²) in [5.41, 5.74) is 0.217. The lowest BCUT2D eigenvalue weighted by Gasteiger charge is -2.24. The molecular formula is C19H25Cl2N3O3S. The van der Waals surface area contributed by atoms with Gasteiger partial charge in [-0.25, -0.2) is 4.79 Å². The summed E-state index contributed by atoms with van der Waals surface area (Å²) in [5.74, 6) is 0.921. The highest BCUT2D eigenvalue weighted by Crippen LogP contribution is 2.32. The molecule has 0 aliphatic rings. The van der Waals surface area contributed by atoms with Crippen LogP contribution in [-0.4, -0.2) is 21.9 Å². The number of benzene rings is 1. The Morgan fingerprint density at radius 2 is 1.93 bits per heavy atom. The zero-order valence-corrected chi connectivity index (χ0v) is 18.9. The van der Waals surface area contributed by atoms with Gasteiger partial charge in [-0.1, -0.05) is 61.3 Å². The van der Waals surface area contributed by atoms with Gasteiger partial charge in [0.1, 0.15) is 11.6 Å². The number of nitrogens with one attached hydrogen (secondary N) is 1. The van der Waals surface area contributed by atoms with E-state index < -0.39 is 17.7 Å². The molecule has 1 heterocycles. The van der Waals surface area contributed by atoms with Crippen LogP contribution in [-0.2, 0) is 10.5 Å². The maximum atomic E-state index is 12.2. The minimum absolute atomic E-state index is 0.0869. The smallest absolute Gasteiger partial charge is 0.408 e. The number of aromatic nitrogens is 2. The van der Waals surface area contributed by atoms with Crippen LogP contribution in [0.15, 0.2) is 27.8 Å². The average Bonchev–Trinajstić information content (AvgIpc) is 3.05. The van der Waals surface area contributed by atoms with Gasteiger partial charge in [0.2, 0.25) is 5.89 Å². The Labute approximate surface area is 179 Å². The molecule has 0 saturated carbocycles. The third-order valence-corrected chi connectivity index (χ3v) is 5.53. The van der Waals surface area contributed by atoms with E-state index in [1.807, 2.05) is 34.6 Å². The molecule has 1 aromatic heterocycles. The quantitative estimate of drug-likeness (QED) is 0.505. The van der Waals surface area contributed by atoms with Gasteiger partial charge in [0.15, 0.2) is 0 Å². The van der Waals surface area contributed by atoms with Gasteiger partial charge >= 0.3 is 6.09 Å². The highest BCUT2D eigenvalue weighted by Gasteiger charge is 2.28. The van der Waals surface area contributed by atoms with Crippen LogP contribution in [0.4, 0.5) is 4.79 Å². The Bertz CT molecular complexity index is 788. The van der Waals surface area contributed by atoms with Crippen molar-refractivity contribution in [3.05, 3.63) is 39.7 Å². The number of alkyl carbamates (subject to hydrolysis) is 1. The minimum Gasteiger partial charge on any atom is -0.444 e. The number of hydrogen-bond donors (Lipinski definition) is 1. The number of rotatable bonds is 7. The topological polar surface area (TPSA) is 77.2 Å². The van der Waals surface area contributed by atoms with Gasteiger partial charge in [0, 0.05) is 15.8 Å². The number of thioether (sulfide) groups is 1. The van der Waals surface area contributed by atoms with E-state index in [0.717, 1.165) is 12.0 Å². The highest BCUT2D eigenvalue weighted by atomic mass is 35.5. The molecular weight excluding hydrogens is 421 g/mol. The number of carbonyl (C=O) groups excluding carboxylic acids is 1. The lowest BCUT2D eigenvalue weighted by Crippen LogP contribution is -2.37. The van der Waals surface area contributed by atoms with Crippen LogP contribution >= 0.6 is 35.0 Å². The molecule has 1 aromatic carbocycles. The van der Waals surface area contributed by atoms with Crippen molar-refractivity contribution in [2.45, 2.75) is 63.7 Å². The third kappa shape index (κ3) is 6.57. The van der Waals surface area contributed by atoms with Crippen molar-refractivity contribution in [2.24, 2.45) is 5.92 Å². The maximum absolute atomic E-state index is 12.2. The van der Waals surface area contributed by atoms with E-state index in [9.17, 15) is 4.79 Å². The second kappa shape index (κ2) is 9.85. The van der Waals surface area contributed by atoms with Crippen molar-refractivity contribution in [3.63, 3.8) is 0 Å². The summed E-state index contributed by atoms with van der Waals surface area (Å²) in [5, 5.41) is 12.6. The standard InChI is InChI=1S/C19H25Cl2N3O3S/c1-6-11(2)15(22-17(25)27-19(3,4)5)16-23-24-18(26-16)28-10-12-13(20)8-7-9-14(12)21/h7-9,11,15H,6,10H2,1-5H3,(H,22,25)/t11-,15+/m0/s1. The Morgan fingerprint density at radius 1 is 1.29 bits per heavy atom. The van der Waals surface area contributed by atoms with E-state index in [2.05, 4.69) is 15.5 Å². The molecule has 0 aliphatic heterocycles. The average molecular weight is 446 g/mol. The van der Waals surface area contributed by atoms with Crippen molar-refractivity contribution in [1.29, 1.82) is 0 Å².